The van der Waals surface area contributed by atoms with Crippen molar-refractivity contribution in [2.45, 2.75) is 37.9 Å². The molecule has 2 unspecified atom stereocenters. The van der Waals surface area contributed by atoms with Gasteiger partial charge in [-0.15, -0.1) is 0 Å². The fourth-order valence-corrected chi connectivity index (χ4v) is 2.40. The van der Waals surface area contributed by atoms with Crippen LogP contribution in [0.1, 0.15) is 31.4 Å². The molecule has 0 aliphatic heterocycles. The van der Waals surface area contributed by atoms with Crippen LogP contribution < -0.4 is 11.1 Å². The molecule has 1 amide bonds. The van der Waals surface area contributed by atoms with Crippen LogP contribution in [0.15, 0.2) is 12.3 Å². The van der Waals surface area contributed by atoms with Crippen molar-refractivity contribution in [1.82, 2.24) is 9.97 Å². The first-order valence-corrected chi connectivity index (χ1v) is 6.34. The number of carbonyl (C=O) groups excluding carboxylic acids is 1. The van der Waals surface area contributed by atoms with Crippen molar-refractivity contribution in [3.05, 3.63) is 18.0 Å². The molecule has 0 saturated heterocycles. The Morgan fingerprint density at radius 1 is 1.35 bits per heavy atom. The molecule has 1 aliphatic rings. The first kappa shape index (κ1) is 14.5. The summed E-state index contributed by atoms with van der Waals surface area (Å²) in [6, 6.07) is 0.488. The zero-order chi connectivity index (χ0) is 14.8. The second-order valence-corrected chi connectivity index (χ2v) is 4.81. The lowest BCUT2D eigenvalue weighted by Gasteiger charge is -2.29. The average molecular weight is 288 g/mol. The Kier molecular flexibility index (Phi) is 4.10. The molecule has 8 heteroatoms. The van der Waals surface area contributed by atoms with Gasteiger partial charge in [0.15, 0.2) is 0 Å². The molecule has 0 radical (unpaired) electrons. The van der Waals surface area contributed by atoms with Gasteiger partial charge in [0.2, 0.25) is 11.9 Å². The summed E-state index contributed by atoms with van der Waals surface area (Å²) in [6.07, 6.45) is -0.413. The molecule has 1 saturated carbocycles. The summed E-state index contributed by atoms with van der Waals surface area (Å²) in [5.74, 6) is -0.978. The van der Waals surface area contributed by atoms with E-state index in [9.17, 15) is 18.0 Å². The Morgan fingerprint density at radius 3 is 2.70 bits per heavy atom. The van der Waals surface area contributed by atoms with E-state index in [4.69, 9.17) is 5.73 Å². The van der Waals surface area contributed by atoms with Crippen molar-refractivity contribution < 1.29 is 18.0 Å². The number of alkyl halides is 3. The van der Waals surface area contributed by atoms with E-state index in [0.717, 1.165) is 25.1 Å². The zero-order valence-corrected chi connectivity index (χ0v) is 10.7. The van der Waals surface area contributed by atoms with Gasteiger partial charge in [-0.2, -0.15) is 13.2 Å². The summed E-state index contributed by atoms with van der Waals surface area (Å²) >= 11 is 0. The van der Waals surface area contributed by atoms with Gasteiger partial charge in [-0.05, 0) is 18.9 Å². The number of anilines is 1. The molecule has 1 aromatic heterocycles. The quantitative estimate of drug-likeness (QED) is 0.890. The van der Waals surface area contributed by atoms with Gasteiger partial charge in [0.05, 0.1) is 5.92 Å². The average Bonchev–Trinajstić information content (AvgIpc) is 2.38. The lowest BCUT2D eigenvalue weighted by atomic mass is 9.84. The fraction of sp³-hybridized carbons (Fsp3) is 0.583. The molecule has 0 spiro atoms. The molecule has 0 aromatic carbocycles. The second kappa shape index (κ2) is 5.64. The highest BCUT2D eigenvalue weighted by atomic mass is 19.4. The van der Waals surface area contributed by atoms with Gasteiger partial charge in [0, 0.05) is 12.2 Å². The lowest BCUT2D eigenvalue weighted by Crippen LogP contribution is -2.41. The van der Waals surface area contributed by atoms with E-state index in [2.05, 4.69) is 15.3 Å². The number of aromatic nitrogens is 2. The van der Waals surface area contributed by atoms with Crippen molar-refractivity contribution in [2.24, 2.45) is 11.7 Å². The van der Waals surface area contributed by atoms with E-state index in [-0.39, 0.29) is 12.0 Å². The Hall–Kier alpha value is -1.86. The summed E-state index contributed by atoms with van der Waals surface area (Å²) in [6.45, 7) is 0. The zero-order valence-electron chi connectivity index (χ0n) is 10.7. The first-order valence-electron chi connectivity index (χ1n) is 6.34. The molecule has 0 bridgehead atoms. The summed E-state index contributed by atoms with van der Waals surface area (Å²) < 4.78 is 37.7. The molecule has 1 aromatic rings. The van der Waals surface area contributed by atoms with Crippen LogP contribution in [-0.2, 0) is 11.0 Å². The van der Waals surface area contributed by atoms with Gasteiger partial charge in [-0.3, -0.25) is 4.79 Å². The highest BCUT2D eigenvalue weighted by Gasteiger charge is 2.34. The number of primary amides is 1. The topological polar surface area (TPSA) is 80.9 Å². The molecule has 110 valence electrons. The Labute approximate surface area is 113 Å². The number of amides is 1. The standard InChI is InChI=1S/C12H15F3N4O/c13-12(14,15)9-5-6-17-11(19-9)18-8-4-2-1-3-7(8)10(16)20/h5-8H,1-4H2,(H2,16,20)(H,17,18,19). The minimum Gasteiger partial charge on any atom is -0.369 e. The van der Waals surface area contributed by atoms with Crippen molar-refractivity contribution >= 4 is 11.9 Å². The van der Waals surface area contributed by atoms with E-state index in [1.807, 2.05) is 0 Å². The molecule has 2 rings (SSSR count). The van der Waals surface area contributed by atoms with Crippen molar-refractivity contribution in [3.8, 4) is 0 Å². The van der Waals surface area contributed by atoms with Gasteiger partial charge in [0.1, 0.15) is 5.69 Å². The predicted octanol–water partition coefficient (Wildman–Crippen LogP) is 1.95. The number of hydrogen-bond acceptors (Lipinski definition) is 4. The van der Waals surface area contributed by atoms with Gasteiger partial charge < -0.3 is 11.1 Å². The maximum atomic E-state index is 12.6. The summed E-state index contributed by atoms with van der Waals surface area (Å²) in [5, 5.41) is 2.80. The third kappa shape index (κ3) is 3.37. The molecular formula is C12H15F3N4O. The predicted molar refractivity (Wildman–Crippen MR) is 65.6 cm³/mol. The first-order chi connectivity index (χ1) is 9.38. The minimum absolute atomic E-state index is 0.127. The monoisotopic (exact) mass is 288 g/mol. The van der Waals surface area contributed by atoms with E-state index in [1.54, 1.807) is 0 Å². The third-order valence-electron chi connectivity index (χ3n) is 3.39. The number of halogens is 3. The van der Waals surface area contributed by atoms with Crippen LogP contribution in [0.3, 0.4) is 0 Å². The Morgan fingerprint density at radius 2 is 2.05 bits per heavy atom. The smallest absolute Gasteiger partial charge is 0.369 e. The molecule has 1 heterocycles. The van der Waals surface area contributed by atoms with Gasteiger partial charge in [-0.25, -0.2) is 9.97 Å². The van der Waals surface area contributed by atoms with Crippen molar-refractivity contribution in [1.29, 1.82) is 0 Å². The second-order valence-electron chi connectivity index (χ2n) is 4.81. The normalized spacial score (nSPS) is 23.4. The SMILES string of the molecule is NC(=O)C1CCCCC1Nc1nccc(C(F)(F)F)n1. The van der Waals surface area contributed by atoms with E-state index >= 15 is 0 Å². The molecule has 3 N–H and O–H groups in total. The largest absolute Gasteiger partial charge is 0.433 e. The highest BCUT2D eigenvalue weighted by Crippen LogP contribution is 2.29. The molecule has 20 heavy (non-hydrogen) atoms. The molecule has 1 aliphatic carbocycles. The van der Waals surface area contributed by atoms with Crippen LogP contribution in [0.25, 0.3) is 0 Å². The molecule has 2 atom stereocenters. The molecule has 5 nitrogen and oxygen atoms in total. The maximum Gasteiger partial charge on any atom is 0.433 e. The summed E-state index contributed by atoms with van der Waals surface area (Å²) in [5.41, 5.74) is 4.30. The number of hydrogen-bond donors (Lipinski definition) is 2. The van der Waals surface area contributed by atoms with Crippen LogP contribution in [0, 0.1) is 5.92 Å². The van der Waals surface area contributed by atoms with Gasteiger partial charge in [0.25, 0.3) is 0 Å². The van der Waals surface area contributed by atoms with Crippen LogP contribution >= 0.6 is 0 Å². The van der Waals surface area contributed by atoms with Crippen LogP contribution in [0.4, 0.5) is 19.1 Å². The van der Waals surface area contributed by atoms with Crippen molar-refractivity contribution in [3.63, 3.8) is 0 Å². The molecular weight excluding hydrogens is 273 g/mol. The number of nitrogens with two attached hydrogens (primary N) is 1. The Bertz CT molecular complexity index is 492. The van der Waals surface area contributed by atoms with E-state index < -0.39 is 23.7 Å². The van der Waals surface area contributed by atoms with Crippen LogP contribution in [0.2, 0.25) is 0 Å². The third-order valence-corrected chi connectivity index (χ3v) is 3.39. The number of carbonyl (C=O) groups is 1. The number of rotatable bonds is 3. The van der Waals surface area contributed by atoms with Crippen LogP contribution in [-0.4, -0.2) is 21.9 Å². The van der Waals surface area contributed by atoms with E-state index in [1.165, 1.54) is 0 Å². The minimum atomic E-state index is -4.52. The van der Waals surface area contributed by atoms with Gasteiger partial charge in [-0.1, -0.05) is 12.8 Å². The summed E-state index contributed by atoms with van der Waals surface area (Å²) in [4.78, 5) is 18.5. The summed E-state index contributed by atoms with van der Waals surface area (Å²) in [7, 11) is 0. The number of nitrogens with one attached hydrogen (secondary N) is 1. The molecule has 1 fully saturated rings. The fourth-order valence-electron chi connectivity index (χ4n) is 2.40. The lowest BCUT2D eigenvalue weighted by molar-refractivity contribution is -0.141. The van der Waals surface area contributed by atoms with Crippen LogP contribution in [0.5, 0.6) is 0 Å². The number of nitrogens with zero attached hydrogens (tertiary/aromatic N) is 2. The Balaban J connectivity index is 2.14. The highest BCUT2D eigenvalue weighted by molar-refractivity contribution is 5.78. The maximum absolute atomic E-state index is 12.6. The van der Waals surface area contributed by atoms with Crippen molar-refractivity contribution in [2.75, 3.05) is 5.32 Å². The van der Waals surface area contributed by atoms with E-state index in [0.29, 0.717) is 12.8 Å². The van der Waals surface area contributed by atoms with Gasteiger partial charge >= 0.3 is 6.18 Å².